The molecule has 1 atom stereocenters. The molecule has 92 valence electrons. The van der Waals surface area contributed by atoms with E-state index in [1.807, 2.05) is 13.0 Å². The summed E-state index contributed by atoms with van der Waals surface area (Å²) in [7, 11) is 0. The summed E-state index contributed by atoms with van der Waals surface area (Å²) in [4.78, 5) is 11.8. The average Bonchev–Trinajstić information content (AvgIpc) is 2.69. The number of fused-ring (bicyclic) bond motifs is 1. The van der Waals surface area contributed by atoms with Gasteiger partial charge < -0.3 is 15.8 Å². The van der Waals surface area contributed by atoms with Gasteiger partial charge in [0.25, 0.3) is 5.91 Å². The third-order valence-electron chi connectivity index (χ3n) is 3.09. The van der Waals surface area contributed by atoms with Crippen LogP contribution in [0.1, 0.15) is 16.7 Å². The molecule has 4 heteroatoms. The molecule has 17 heavy (non-hydrogen) atoms. The molecule has 0 bridgehead atoms. The molecule has 0 saturated heterocycles. The van der Waals surface area contributed by atoms with Crippen LogP contribution < -0.4 is 15.8 Å². The molecule has 1 aromatic rings. The zero-order chi connectivity index (χ0) is 12.4. The Morgan fingerprint density at radius 2 is 2.18 bits per heavy atom. The largest absolute Gasteiger partial charge is 0.480 e. The first kappa shape index (κ1) is 11.9. The molecule has 1 unspecified atom stereocenters. The molecule has 0 spiro atoms. The van der Waals surface area contributed by atoms with E-state index in [2.05, 4.69) is 18.3 Å². The van der Waals surface area contributed by atoms with Crippen molar-refractivity contribution in [3.63, 3.8) is 0 Å². The summed E-state index contributed by atoms with van der Waals surface area (Å²) in [5.74, 6) is 0.753. The van der Waals surface area contributed by atoms with E-state index in [1.54, 1.807) is 0 Å². The average molecular weight is 234 g/mol. The Bertz CT molecular complexity index is 412. The van der Waals surface area contributed by atoms with Gasteiger partial charge in [0, 0.05) is 19.5 Å². The van der Waals surface area contributed by atoms with Gasteiger partial charge >= 0.3 is 0 Å². The first-order valence-electron chi connectivity index (χ1n) is 5.86. The summed E-state index contributed by atoms with van der Waals surface area (Å²) >= 11 is 0. The van der Waals surface area contributed by atoms with E-state index in [4.69, 9.17) is 10.5 Å². The Labute approximate surface area is 101 Å². The monoisotopic (exact) mass is 234 g/mol. The number of hydrogen-bond acceptors (Lipinski definition) is 3. The minimum atomic E-state index is -0.405. The van der Waals surface area contributed by atoms with Crippen molar-refractivity contribution in [2.45, 2.75) is 26.4 Å². The fourth-order valence-electron chi connectivity index (χ4n) is 1.97. The van der Waals surface area contributed by atoms with Crippen LogP contribution in [0.3, 0.4) is 0 Å². The van der Waals surface area contributed by atoms with E-state index in [9.17, 15) is 4.79 Å². The van der Waals surface area contributed by atoms with Crippen LogP contribution in [0.4, 0.5) is 0 Å². The zero-order valence-corrected chi connectivity index (χ0v) is 10.2. The van der Waals surface area contributed by atoms with Crippen molar-refractivity contribution >= 4 is 5.91 Å². The molecule has 0 aromatic heterocycles. The lowest BCUT2D eigenvalue weighted by Crippen LogP contribution is -2.39. The van der Waals surface area contributed by atoms with Crippen LogP contribution in [0, 0.1) is 13.8 Å². The summed E-state index contributed by atoms with van der Waals surface area (Å²) in [6.07, 6.45) is 0.241. The van der Waals surface area contributed by atoms with Crippen molar-refractivity contribution in [3.8, 4) is 5.75 Å². The maximum atomic E-state index is 11.8. The number of ether oxygens (including phenoxy) is 1. The highest BCUT2D eigenvalue weighted by Gasteiger charge is 2.29. The van der Waals surface area contributed by atoms with Gasteiger partial charge in [0.05, 0.1) is 0 Å². The highest BCUT2D eigenvalue weighted by Crippen LogP contribution is 2.31. The number of rotatable bonds is 3. The Morgan fingerprint density at radius 3 is 2.88 bits per heavy atom. The van der Waals surface area contributed by atoms with Crippen LogP contribution in [0.15, 0.2) is 12.1 Å². The van der Waals surface area contributed by atoms with Crippen LogP contribution in [0.25, 0.3) is 0 Å². The van der Waals surface area contributed by atoms with E-state index >= 15 is 0 Å². The maximum Gasteiger partial charge on any atom is 0.261 e. The fourth-order valence-corrected chi connectivity index (χ4v) is 1.97. The van der Waals surface area contributed by atoms with Gasteiger partial charge in [-0.05, 0) is 36.6 Å². The summed E-state index contributed by atoms with van der Waals surface area (Å²) < 4.78 is 5.65. The van der Waals surface area contributed by atoms with Crippen molar-refractivity contribution in [3.05, 3.63) is 28.8 Å². The molecule has 0 aliphatic carbocycles. The Kier molecular flexibility index (Phi) is 3.33. The number of carbonyl (C=O) groups excluding carboxylic acids is 1. The van der Waals surface area contributed by atoms with Crippen molar-refractivity contribution < 1.29 is 9.53 Å². The number of nitrogens with one attached hydrogen (secondary N) is 1. The number of hydrogen-bond donors (Lipinski definition) is 2. The topological polar surface area (TPSA) is 64.3 Å². The first-order chi connectivity index (χ1) is 8.11. The summed E-state index contributed by atoms with van der Waals surface area (Å²) in [5, 5.41) is 2.75. The van der Waals surface area contributed by atoms with Crippen LogP contribution in [-0.2, 0) is 11.2 Å². The smallest absolute Gasteiger partial charge is 0.261 e. The Balaban J connectivity index is 2.08. The van der Waals surface area contributed by atoms with E-state index in [1.165, 1.54) is 11.1 Å². The standard InChI is InChI=1S/C13H18N2O2/c1-8-5-10-7-12(13(16)15-4-3-14)17-11(10)6-9(8)2/h5-6,12H,3-4,7,14H2,1-2H3,(H,15,16). The molecule has 1 aliphatic heterocycles. The Hall–Kier alpha value is -1.55. The lowest BCUT2D eigenvalue weighted by Gasteiger charge is -2.10. The lowest BCUT2D eigenvalue weighted by atomic mass is 10.0. The van der Waals surface area contributed by atoms with Crippen LogP contribution >= 0.6 is 0 Å². The van der Waals surface area contributed by atoms with Gasteiger partial charge in [0.1, 0.15) is 5.75 Å². The number of benzene rings is 1. The fraction of sp³-hybridized carbons (Fsp3) is 0.462. The van der Waals surface area contributed by atoms with E-state index in [0.717, 1.165) is 11.3 Å². The second kappa shape index (κ2) is 4.75. The quantitative estimate of drug-likeness (QED) is 0.808. The minimum absolute atomic E-state index is 0.0815. The summed E-state index contributed by atoms with van der Waals surface area (Å²) in [6, 6.07) is 4.10. The molecule has 0 radical (unpaired) electrons. The van der Waals surface area contributed by atoms with Crippen LogP contribution in [-0.4, -0.2) is 25.1 Å². The van der Waals surface area contributed by atoms with Gasteiger partial charge in [0.15, 0.2) is 6.10 Å². The molecular weight excluding hydrogens is 216 g/mol. The van der Waals surface area contributed by atoms with Crippen molar-refractivity contribution in [1.29, 1.82) is 0 Å². The predicted molar refractivity (Wildman–Crippen MR) is 66.1 cm³/mol. The van der Waals surface area contributed by atoms with Gasteiger partial charge in [-0.2, -0.15) is 0 Å². The SMILES string of the molecule is Cc1cc2c(cc1C)OC(C(=O)NCCN)C2. The van der Waals surface area contributed by atoms with E-state index in [-0.39, 0.29) is 5.91 Å². The maximum absolute atomic E-state index is 11.8. The molecule has 1 heterocycles. The van der Waals surface area contributed by atoms with Crippen LogP contribution in [0.2, 0.25) is 0 Å². The van der Waals surface area contributed by atoms with Crippen LogP contribution in [0.5, 0.6) is 5.75 Å². The highest BCUT2D eigenvalue weighted by atomic mass is 16.5. The molecule has 0 saturated carbocycles. The molecule has 1 aliphatic rings. The molecule has 0 fully saturated rings. The third-order valence-corrected chi connectivity index (χ3v) is 3.09. The van der Waals surface area contributed by atoms with Crippen molar-refractivity contribution in [2.24, 2.45) is 5.73 Å². The van der Waals surface area contributed by atoms with E-state index < -0.39 is 6.10 Å². The summed E-state index contributed by atoms with van der Waals surface area (Å²) in [6.45, 7) is 5.05. The number of aryl methyl sites for hydroxylation is 2. The van der Waals surface area contributed by atoms with Gasteiger partial charge in [-0.15, -0.1) is 0 Å². The zero-order valence-electron chi connectivity index (χ0n) is 10.2. The highest BCUT2D eigenvalue weighted by molar-refractivity contribution is 5.82. The predicted octanol–water partition coefficient (Wildman–Crippen LogP) is 0.682. The lowest BCUT2D eigenvalue weighted by molar-refractivity contribution is -0.127. The molecule has 3 N–H and O–H groups in total. The van der Waals surface area contributed by atoms with Crippen molar-refractivity contribution in [2.75, 3.05) is 13.1 Å². The van der Waals surface area contributed by atoms with Gasteiger partial charge in [-0.1, -0.05) is 6.07 Å². The molecule has 4 nitrogen and oxygen atoms in total. The van der Waals surface area contributed by atoms with Gasteiger partial charge in [0.2, 0.25) is 0 Å². The number of nitrogens with two attached hydrogens (primary N) is 1. The third kappa shape index (κ3) is 2.42. The molecular formula is C13H18N2O2. The first-order valence-corrected chi connectivity index (χ1v) is 5.86. The van der Waals surface area contributed by atoms with E-state index in [0.29, 0.717) is 19.5 Å². The molecule has 2 rings (SSSR count). The van der Waals surface area contributed by atoms with Gasteiger partial charge in [-0.3, -0.25) is 4.79 Å². The number of amides is 1. The van der Waals surface area contributed by atoms with Crippen molar-refractivity contribution in [1.82, 2.24) is 5.32 Å². The minimum Gasteiger partial charge on any atom is -0.480 e. The second-order valence-electron chi connectivity index (χ2n) is 4.43. The number of carbonyl (C=O) groups is 1. The normalized spacial score (nSPS) is 17.5. The second-order valence-corrected chi connectivity index (χ2v) is 4.43. The van der Waals surface area contributed by atoms with Gasteiger partial charge in [-0.25, -0.2) is 0 Å². The Morgan fingerprint density at radius 1 is 1.47 bits per heavy atom. The summed E-state index contributed by atoms with van der Waals surface area (Å²) in [5.41, 5.74) is 8.87. The molecule has 1 aromatic carbocycles. The molecule has 1 amide bonds.